The van der Waals surface area contributed by atoms with Crippen molar-refractivity contribution in [3.8, 4) is 5.75 Å². The van der Waals surface area contributed by atoms with E-state index < -0.39 is 0 Å². The Morgan fingerprint density at radius 1 is 1.35 bits per heavy atom. The summed E-state index contributed by atoms with van der Waals surface area (Å²) in [7, 11) is 3.64. The lowest BCUT2D eigenvalue weighted by molar-refractivity contribution is 0.372. The average molecular weight is 377 g/mol. The van der Waals surface area contributed by atoms with Crippen LogP contribution in [0.5, 0.6) is 5.75 Å². The van der Waals surface area contributed by atoms with Gasteiger partial charge in [-0.3, -0.25) is 4.99 Å². The second-order valence-corrected chi connectivity index (χ2v) is 9.53. The van der Waals surface area contributed by atoms with Crippen molar-refractivity contribution in [2.24, 2.45) is 10.9 Å². The molecule has 0 aliphatic carbocycles. The summed E-state index contributed by atoms with van der Waals surface area (Å²) in [6.07, 6.45) is 1.20. The summed E-state index contributed by atoms with van der Waals surface area (Å²) >= 11 is 2.05. The van der Waals surface area contributed by atoms with Gasteiger partial charge in [0.2, 0.25) is 0 Å². The zero-order valence-electron chi connectivity index (χ0n) is 16.5. The Balaban J connectivity index is 1.54. The summed E-state index contributed by atoms with van der Waals surface area (Å²) < 4.78 is 5.82. The Labute approximate surface area is 162 Å². The van der Waals surface area contributed by atoms with Gasteiger partial charge in [-0.05, 0) is 38.3 Å². The van der Waals surface area contributed by atoms with Crippen molar-refractivity contribution in [2.75, 3.05) is 57.5 Å². The molecule has 1 unspecified atom stereocenters. The molecule has 1 aromatic rings. The molecule has 0 spiro atoms. The molecular weight excluding hydrogens is 344 g/mol. The number of rotatable bonds is 4. The fourth-order valence-corrected chi connectivity index (χ4v) is 4.99. The Hall–Kier alpha value is -1.56. The molecule has 0 bridgehead atoms. The number of hydrogen-bond donors (Lipinski definition) is 1. The molecule has 5 nitrogen and oxygen atoms in total. The highest BCUT2D eigenvalue weighted by atomic mass is 32.2. The van der Waals surface area contributed by atoms with E-state index in [1.807, 2.05) is 19.2 Å². The zero-order chi connectivity index (χ0) is 18.6. The topological polar surface area (TPSA) is 40.1 Å². The maximum Gasteiger partial charge on any atom is 0.193 e. The third kappa shape index (κ3) is 4.58. The number of aliphatic imine (C=N–C) groups is 1. The molecule has 1 N–H and O–H groups in total. The maximum atomic E-state index is 5.52. The van der Waals surface area contributed by atoms with Crippen molar-refractivity contribution in [1.29, 1.82) is 0 Å². The Kier molecular flexibility index (Phi) is 6.22. The summed E-state index contributed by atoms with van der Waals surface area (Å²) in [4.78, 5) is 9.38. The van der Waals surface area contributed by atoms with E-state index in [2.05, 4.69) is 57.9 Å². The number of nitrogens with zero attached hydrogens (tertiary/aromatic N) is 3. The highest BCUT2D eigenvalue weighted by molar-refractivity contribution is 8.00. The second kappa shape index (κ2) is 8.42. The van der Waals surface area contributed by atoms with Gasteiger partial charge >= 0.3 is 0 Å². The Morgan fingerprint density at radius 2 is 2.15 bits per heavy atom. The number of methoxy groups -OCH3 is 1. The molecule has 26 heavy (non-hydrogen) atoms. The van der Waals surface area contributed by atoms with Crippen molar-refractivity contribution in [3.05, 3.63) is 24.3 Å². The first kappa shape index (κ1) is 19.2. The van der Waals surface area contributed by atoms with Gasteiger partial charge < -0.3 is 19.9 Å². The van der Waals surface area contributed by atoms with E-state index in [1.165, 1.54) is 17.9 Å². The monoisotopic (exact) mass is 376 g/mol. The Morgan fingerprint density at radius 3 is 2.88 bits per heavy atom. The summed E-state index contributed by atoms with van der Waals surface area (Å²) in [5.41, 5.74) is 1.21. The second-order valence-electron chi connectivity index (χ2n) is 7.73. The number of anilines is 1. The molecular formula is C20H32N4OS. The van der Waals surface area contributed by atoms with Gasteiger partial charge in [-0.15, -0.1) is 0 Å². The molecule has 1 aromatic carbocycles. The standard InChI is InChI=1S/C20H32N4OS/c1-20(2)15-24(11-12-26-20)19(21-3)22-13-16-9-10-23(14-16)17-7-5-6-8-18(17)25-4/h5-8,16H,9-15H2,1-4H3,(H,21,22). The number of ether oxygens (including phenoxy) is 1. The fourth-order valence-electron chi connectivity index (χ4n) is 3.87. The smallest absolute Gasteiger partial charge is 0.193 e. The summed E-state index contributed by atoms with van der Waals surface area (Å²) in [6, 6.07) is 8.31. The van der Waals surface area contributed by atoms with Crippen molar-refractivity contribution in [1.82, 2.24) is 10.2 Å². The minimum absolute atomic E-state index is 0.296. The predicted molar refractivity (Wildman–Crippen MR) is 113 cm³/mol. The van der Waals surface area contributed by atoms with Gasteiger partial charge in [0.05, 0.1) is 12.8 Å². The van der Waals surface area contributed by atoms with Crippen LogP contribution in [-0.4, -0.2) is 68.2 Å². The normalized spacial score (nSPS) is 23.2. The predicted octanol–water partition coefficient (Wildman–Crippen LogP) is 2.92. The van der Waals surface area contributed by atoms with E-state index in [0.29, 0.717) is 10.7 Å². The highest BCUT2D eigenvalue weighted by Crippen LogP contribution is 2.32. The van der Waals surface area contributed by atoms with Crippen molar-refractivity contribution < 1.29 is 4.74 Å². The number of thioether (sulfide) groups is 1. The van der Waals surface area contributed by atoms with Gasteiger partial charge in [-0.2, -0.15) is 11.8 Å². The van der Waals surface area contributed by atoms with Crippen LogP contribution in [0.15, 0.2) is 29.3 Å². The van der Waals surface area contributed by atoms with Crippen LogP contribution in [-0.2, 0) is 0 Å². The van der Waals surface area contributed by atoms with E-state index in [1.54, 1.807) is 7.11 Å². The third-order valence-corrected chi connectivity index (χ3v) is 6.49. The molecule has 0 saturated carbocycles. The first-order valence-electron chi connectivity index (χ1n) is 9.50. The molecule has 0 radical (unpaired) electrons. The van der Waals surface area contributed by atoms with Gasteiger partial charge in [0.25, 0.3) is 0 Å². The van der Waals surface area contributed by atoms with Gasteiger partial charge in [0.1, 0.15) is 5.75 Å². The molecule has 2 aliphatic rings. The highest BCUT2D eigenvalue weighted by Gasteiger charge is 2.30. The molecule has 144 valence electrons. The van der Waals surface area contributed by atoms with E-state index in [0.717, 1.165) is 44.4 Å². The van der Waals surface area contributed by atoms with Crippen LogP contribution < -0.4 is 15.0 Å². The summed E-state index contributed by atoms with van der Waals surface area (Å²) in [5, 5.41) is 3.63. The molecule has 2 fully saturated rings. The number of nitrogens with one attached hydrogen (secondary N) is 1. The fraction of sp³-hybridized carbons (Fsp3) is 0.650. The van der Waals surface area contributed by atoms with Crippen molar-refractivity contribution >= 4 is 23.4 Å². The van der Waals surface area contributed by atoms with Gasteiger partial charge in [-0.1, -0.05) is 12.1 Å². The molecule has 2 saturated heterocycles. The molecule has 0 aromatic heterocycles. The Bertz CT molecular complexity index is 634. The number of guanidine groups is 1. The van der Waals surface area contributed by atoms with Crippen LogP contribution in [0.1, 0.15) is 20.3 Å². The first-order valence-corrected chi connectivity index (χ1v) is 10.5. The maximum absolute atomic E-state index is 5.52. The van der Waals surface area contributed by atoms with Crippen LogP contribution in [0, 0.1) is 5.92 Å². The van der Waals surface area contributed by atoms with Crippen LogP contribution in [0.2, 0.25) is 0 Å². The molecule has 6 heteroatoms. The lowest BCUT2D eigenvalue weighted by Crippen LogP contribution is -2.51. The molecule has 1 atom stereocenters. The van der Waals surface area contributed by atoms with Crippen LogP contribution in [0.25, 0.3) is 0 Å². The minimum atomic E-state index is 0.296. The van der Waals surface area contributed by atoms with E-state index >= 15 is 0 Å². The lowest BCUT2D eigenvalue weighted by Gasteiger charge is -2.39. The van der Waals surface area contributed by atoms with Crippen LogP contribution in [0.4, 0.5) is 5.69 Å². The van der Waals surface area contributed by atoms with Gasteiger partial charge in [0.15, 0.2) is 5.96 Å². The number of benzene rings is 1. The minimum Gasteiger partial charge on any atom is -0.495 e. The third-order valence-electron chi connectivity index (χ3n) is 5.20. The molecule has 2 heterocycles. The van der Waals surface area contributed by atoms with E-state index in [9.17, 15) is 0 Å². The molecule has 3 rings (SSSR count). The quantitative estimate of drug-likeness (QED) is 0.646. The first-order chi connectivity index (χ1) is 12.5. The van der Waals surface area contributed by atoms with E-state index in [-0.39, 0.29) is 0 Å². The largest absolute Gasteiger partial charge is 0.495 e. The van der Waals surface area contributed by atoms with E-state index in [4.69, 9.17) is 4.74 Å². The zero-order valence-corrected chi connectivity index (χ0v) is 17.3. The van der Waals surface area contributed by atoms with Crippen molar-refractivity contribution in [3.63, 3.8) is 0 Å². The van der Waals surface area contributed by atoms with Gasteiger partial charge in [0, 0.05) is 50.3 Å². The summed E-state index contributed by atoms with van der Waals surface area (Å²) in [5.74, 6) is 3.81. The van der Waals surface area contributed by atoms with Gasteiger partial charge in [-0.25, -0.2) is 0 Å². The molecule has 2 aliphatic heterocycles. The lowest BCUT2D eigenvalue weighted by atomic mass is 10.1. The molecule has 0 amide bonds. The van der Waals surface area contributed by atoms with Crippen LogP contribution >= 0.6 is 11.8 Å². The SMILES string of the molecule is CN=C(NCC1CCN(c2ccccc2OC)C1)N1CCSC(C)(C)C1. The average Bonchev–Trinajstić information content (AvgIpc) is 3.10. The number of hydrogen-bond acceptors (Lipinski definition) is 4. The van der Waals surface area contributed by atoms with Crippen LogP contribution in [0.3, 0.4) is 0 Å². The summed E-state index contributed by atoms with van der Waals surface area (Å²) in [6.45, 7) is 9.88. The van der Waals surface area contributed by atoms with Crippen molar-refractivity contribution in [2.45, 2.75) is 25.0 Å². The number of para-hydroxylation sites is 2.